The fraction of sp³-hybridized carbons (Fsp3) is 0.714. The molecule has 68 valence electrons. The van der Waals surface area contributed by atoms with Crippen molar-refractivity contribution in [2.75, 3.05) is 12.3 Å². The molecule has 0 aromatic carbocycles. The lowest BCUT2D eigenvalue weighted by Crippen LogP contribution is -2.38. The summed E-state index contributed by atoms with van der Waals surface area (Å²) in [6.07, 6.45) is 0.379. The number of aliphatic carboxylic acids is 1. The molecule has 1 N–H and O–H groups in total. The molecule has 12 heavy (non-hydrogen) atoms. The van der Waals surface area contributed by atoms with E-state index in [4.69, 9.17) is 5.11 Å². The maximum atomic E-state index is 11.2. The highest BCUT2D eigenvalue weighted by Gasteiger charge is 2.33. The van der Waals surface area contributed by atoms with Gasteiger partial charge in [0.2, 0.25) is 5.91 Å². The third-order valence-corrected chi connectivity index (χ3v) is 2.92. The van der Waals surface area contributed by atoms with Gasteiger partial charge in [-0.25, -0.2) is 4.79 Å². The molecule has 0 aromatic heterocycles. The summed E-state index contributed by atoms with van der Waals surface area (Å²) < 4.78 is 0. The van der Waals surface area contributed by atoms with Crippen LogP contribution in [-0.4, -0.2) is 39.6 Å². The molecule has 0 spiro atoms. The first-order valence-electron chi connectivity index (χ1n) is 3.80. The first-order valence-corrected chi connectivity index (χ1v) is 4.85. The summed E-state index contributed by atoms with van der Waals surface area (Å²) in [5.41, 5.74) is 0. The Morgan fingerprint density at radius 2 is 2.33 bits per heavy atom. The minimum atomic E-state index is -0.917. The highest BCUT2D eigenvalue weighted by Crippen LogP contribution is 2.24. The van der Waals surface area contributed by atoms with Crippen LogP contribution in [-0.2, 0) is 9.59 Å². The van der Waals surface area contributed by atoms with E-state index in [9.17, 15) is 9.59 Å². The number of thioether (sulfide) groups is 1. The SMILES string of the molecule is CCC(=O)N1CCSC1C(=O)O. The van der Waals surface area contributed by atoms with Gasteiger partial charge in [0.05, 0.1) is 0 Å². The van der Waals surface area contributed by atoms with E-state index in [1.165, 1.54) is 16.7 Å². The summed E-state index contributed by atoms with van der Waals surface area (Å²) in [6.45, 7) is 2.30. The van der Waals surface area contributed by atoms with Crippen LogP contribution in [0.5, 0.6) is 0 Å². The Bertz CT molecular complexity index is 207. The van der Waals surface area contributed by atoms with E-state index in [0.717, 1.165) is 5.75 Å². The molecule has 5 heteroatoms. The number of carbonyl (C=O) groups is 2. The molecule has 0 bridgehead atoms. The van der Waals surface area contributed by atoms with E-state index in [1.807, 2.05) is 0 Å². The molecule has 1 aliphatic rings. The minimum absolute atomic E-state index is 0.0765. The minimum Gasteiger partial charge on any atom is -0.479 e. The highest BCUT2D eigenvalue weighted by atomic mass is 32.2. The van der Waals surface area contributed by atoms with E-state index in [1.54, 1.807) is 6.92 Å². The molecule has 1 amide bonds. The topological polar surface area (TPSA) is 57.6 Å². The first kappa shape index (κ1) is 9.38. The number of carboxylic acid groups (broad SMARTS) is 1. The lowest BCUT2D eigenvalue weighted by molar-refractivity contribution is -0.145. The van der Waals surface area contributed by atoms with Gasteiger partial charge in [-0.05, 0) is 0 Å². The van der Waals surface area contributed by atoms with E-state index < -0.39 is 11.3 Å². The van der Waals surface area contributed by atoms with Crippen molar-refractivity contribution >= 4 is 23.6 Å². The molecular weight excluding hydrogens is 178 g/mol. The third kappa shape index (κ3) is 1.72. The van der Waals surface area contributed by atoms with Gasteiger partial charge in [-0.15, -0.1) is 11.8 Å². The number of carboxylic acids is 1. The molecule has 1 aliphatic heterocycles. The third-order valence-electron chi connectivity index (χ3n) is 1.73. The van der Waals surface area contributed by atoms with Crippen LogP contribution in [0.2, 0.25) is 0 Å². The van der Waals surface area contributed by atoms with Crippen LogP contribution in [0, 0.1) is 0 Å². The largest absolute Gasteiger partial charge is 0.479 e. The molecular formula is C7H11NO3S. The Labute approximate surface area is 74.9 Å². The molecule has 1 rings (SSSR count). The Balaban J connectivity index is 2.63. The van der Waals surface area contributed by atoms with Crippen LogP contribution < -0.4 is 0 Å². The van der Waals surface area contributed by atoms with E-state index in [-0.39, 0.29) is 5.91 Å². The monoisotopic (exact) mass is 189 g/mol. The predicted molar refractivity (Wildman–Crippen MR) is 45.9 cm³/mol. The second-order valence-corrected chi connectivity index (χ2v) is 3.69. The fourth-order valence-electron chi connectivity index (χ4n) is 1.13. The molecule has 0 aliphatic carbocycles. The summed E-state index contributed by atoms with van der Waals surface area (Å²) in [5.74, 6) is -0.269. The molecule has 0 aromatic rings. The predicted octanol–water partition coefficient (Wildman–Crippen LogP) is 0.382. The zero-order valence-electron chi connectivity index (χ0n) is 6.82. The first-order chi connectivity index (χ1) is 5.66. The van der Waals surface area contributed by atoms with Gasteiger partial charge in [0.1, 0.15) is 0 Å². The van der Waals surface area contributed by atoms with Crippen molar-refractivity contribution in [1.82, 2.24) is 4.90 Å². The highest BCUT2D eigenvalue weighted by molar-refractivity contribution is 8.00. The maximum Gasteiger partial charge on any atom is 0.337 e. The Morgan fingerprint density at radius 3 is 2.83 bits per heavy atom. The zero-order valence-corrected chi connectivity index (χ0v) is 7.63. The van der Waals surface area contributed by atoms with Gasteiger partial charge < -0.3 is 10.0 Å². The molecule has 1 heterocycles. The van der Waals surface area contributed by atoms with Crippen molar-refractivity contribution in [2.24, 2.45) is 0 Å². The van der Waals surface area contributed by atoms with Crippen LogP contribution in [0.4, 0.5) is 0 Å². The molecule has 1 saturated heterocycles. The van der Waals surface area contributed by atoms with Crippen LogP contribution in [0.25, 0.3) is 0 Å². The Hall–Kier alpha value is -0.710. The van der Waals surface area contributed by atoms with Gasteiger partial charge >= 0.3 is 5.97 Å². The molecule has 1 unspecified atom stereocenters. The van der Waals surface area contributed by atoms with Gasteiger partial charge in [-0.3, -0.25) is 4.79 Å². The normalized spacial score (nSPS) is 22.8. The summed E-state index contributed by atoms with van der Waals surface area (Å²) in [7, 11) is 0. The van der Waals surface area contributed by atoms with E-state index >= 15 is 0 Å². The number of amides is 1. The maximum absolute atomic E-state index is 11.2. The van der Waals surface area contributed by atoms with Gasteiger partial charge in [0.25, 0.3) is 0 Å². The number of carbonyl (C=O) groups excluding carboxylic acids is 1. The number of hydrogen-bond acceptors (Lipinski definition) is 3. The van der Waals surface area contributed by atoms with Crippen LogP contribution in [0.15, 0.2) is 0 Å². The average Bonchev–Trinajstić information content (AvgIpc) is 2.50. The second kappa shape index (κ2) is 3.80. The second-order valence-electron chi connectivity index (χ2n) is 2.50. The zero-order chi connectivity index (χ0) is 9.14. The van der Waals surface area contributed by atoms with Crippen LogP contribution in [0.3, 0.4) is 0 Å². The van der Waals surface area contributed by atoms with Crippen molar-refractivity contribution in [3.8, 4) is 0 Å². The van der Waals surface area contributed by atoms with Crippen molar-refractivity contribution < 1.29 is 14.7 Å². The summed E-state index contributed by atoms with van der Waals surface area (Å²) in [4.78, 5) is 23.2. The van der Waals surface area contributed by atoms with E-state index in [2.05, 4.69) is 0 Å². The summed E-state index contributed by atoms with van der Waals surface area (Å²) in [5, 5.41) is 8.06. The molecule has 0 saturated carbocycles. The van der Waals surface area contributed by atoms with Gasteiger partial charge in [-0.1, -0.05) is 6.92 Å². The Kier molecular flexibility index (Phi) is 2.97. The summed E-state index contributed by atoms with van der Waals surface area (Å²) >= 11 is 1.31. The lowest BCUT2D eigenvalue weighted by atomic mass is 10.4. The number of nitrogens with zero attached hydrogens (tertiary/aromatic N) is 1. The Morgan fingerprint density at radius 1 is 1.67 bits per heavy atom. The van der Waals surface area contributed by atoms with Crippen LogP contribution >= 0.6 is 11.8 Å². The van der Waals surface area contributed by atoms with Crippen molar-refractivity contribution in [2.45, 2.75) is 18.7 Å². The fourth-order valence-corrected chi connectivity index (χ4v) is 2.20. The molecule has 1 atom stereocenters. The lowest BCUT2D eigenvalue weighted by Gasteiger charge is -2.19. The van der Waals surface area contributed by atoms with Gasteiger partial charge in [-0.2, -0.15) is 0 Å². The molecule has 0 radical (unpaired) electrons. The molecule has 4 nitrogen and oxygen atoms in total. The average molecular weight is 189 g/mol. The van der Waals surface area contributed by atoms with Gasteiger partial charge in [0, 0.05) is 18.7 Å². The standard InChI is InChI=1S/C7H11NO3S/c1-2-5(9)8-3-4-12-6(8)7(10)11/h6H,2-4H2,1H3,(H,10,11). The molecule has 1 fully saturated rings. The van der Waals surface area contributed by atoms with Crippen molar-refractivity contribution in [1.29, 1.82) is 0 Å². The quantitative estimate of drug-likeness (QED) is 0.682. The smallest absolute Gasteiger partial charge is 0.337 e. The number of hydrogen-bond donors (Lipinski definition) is 1. The van der Waals surface area contributed by atoms with E-state index in [0.29, 0.717) is 13.0 Å². The van der Waals surface area contributed by atoms with Crippen molar-refractivity contribution in [3.63, 3.8) is 0 Å². The van der Waals surface area contributed by atoms with Crippen LogP contribution in [0.1, 0.15) is 13.3 Å². The summed E-state index contributed by atoms with van der Waals surface area (Å²) in [6, 6.07) is 0. The van der Waals surface area contributed by atoms with Crippen molar-refractivity contribution in [3.05, 3.63) is 0 Å². The number of rotatable bonds is 2. The van der Waals surface area contributed by atoms with Gasteiger partial charge in [0.15, 0.2) is 5.37 Å².